The van der Waals surface area contributed by atoms with Crippen molar-refractivity contribution in [1.82, 2.24) is 10.6 Å². The average molecular weight is 334 g/mol. The highest BCUT2D eigenvalue weighted by Gasteiger charge is 2.37. The first-order valence-corrected chi connectivity index (χ1v) is 7.90. The van der Waals surface area contributed by atoms with Crippen molar-refractivity contribution in [2.75, 3.05) is 0 Å². The summed E-state index contributed by atoms with van der Waals surface area (Å²) in [6.45, 7) is 6.06. The van der Waals surface area contributed by atoms with E-state index in [-0.39, 0.29) is 34.9 Å². The summed E-state index contributed by atoms with van der Waals surface area (Å²) in [6.07, 6.45) is 0.957. The summed E-state index contributed by atoms with van der Waals surface area (Å²) >= 11 is 6.08. The van der Waals surface area contributed by atoms with E-state index in [1.807, 2.05) is 26.8 Å². The molecule has 0 aromatic heterocycles. The van der Waals surface area contributed by atoms with Crippen LogP contribution in [-0.4, -0.2) is 23.9 Å². The van der Waals surface area contributed by atoms with Gasteiger partial charge in [0.1, 0.15) is 0 Å². The minimum atomic E-state index is -0.331. The molecule has 1 aliphatic heterocycles. The summed E-state index contributed by atoms with van der Waals surface area (Å²) in [4.78, 5) is 24.2. The van der Waals surface area contributed by atoms with Crippen molar-refractivity contribution in [2.24, 2.45) is 5.41 Å². The van der Waals surface area contributed by atoms with Gasteiger partial charge in [-0.05, 0) is 30.0 Å². The number of hydrogen-bond donors (Lipinski definition) is 2. The Hall–Kier alpha value is -2.06. The third-order valence-corrected chi connectivity index (χ3v) is 4.32. The minimum Gasteiger partial charge on any atom is -0.351 e. The topological polar surface area (TPSA) is 82.0 Å². The van der Waals surface area contributed by atoms with E-state index in [2.05, 4.69) is 10.6 Å². The number of benzene rings is 1. The van der Waals surface area contributed by atoms with E-state index in [4.69, 9.17) is 16.9 Å². The Labute approximate surface area is 141 Å². The van der Waals surface area contributed by atoms with Crippen LogP contribution in [0.4, 0.5) is 0 Å². The predicted molar refractivity (Wildman–Crippen MR) is 88.0 cm³/mol. The molecule has 0 aliphatic carbocycles. The number of halogens is 1. The minimum absolute atomic E-state index is 0.0000609. The van der Waals surface area contributed by atoms with Crippen molar-refractivity contribution < 1.29 is 9.59 Å². The Morgan fingerprint density at radius 2 is 2.13 bits per heavy atom. The monoisotopic (exact) mass is 333 g/mol. The molecule has 1 heterocycles. The number of carbonyl (C=O) groups excluding carboxylic acids is 2. The molecule has 0 bridgehead atoms. The molecule has 0 spiro atoms. The van der Waals surface area contributed by atoms with Crippen LogP contribution in [-0.2, 0) is 4.79 Å². The largest absolute Gasteiger partial charge is 0.351 e. The maximum Gasteiger partial charge on any atom is 0.253 e. The molecule has 1 saturated heterocycles. The second kappa shape index (κ2) is 6.59. The Balaban J connectivity index is 2.21. The molecule has 1 aliphatic rings. The zero-order chi connectivity index (χ0) is 17.2. The van der Waals surface area contributed by atoms with Crippen molar-refractivity contribution in [3.8, 4) is 6.07 Å². The fourth-order valence-electron chi connectivity index (χ4n) is 2.79. The van der Waals surface area contributed by atoms with Crippen LogP contribution in [0.15, 0.2) is 18.2 Å². The normalized spacial score (nSPS) is 21.3. The van der Waals surface area contributed by atoms with Crippen LogP contribution in [0.5, 0.6) is 0 Å². The highest BCUT2D eigenvalue weighted by Crippen LogP contribution is 2.27. The van der Waals surface area contributed by atoms with Crippen LogP contribution in [0, 0.1) is 16.7 Å². The molecule has 1 fully saturated rings. The van der Waals surface area contributed by atoms with Crippen LogP contribution in [0.2, 0.25) is 5.02 Å². The number of carbonyl (C=O) groups is 2. The van der Waals surface area contributed by atoms with Gasteiger partial charge < -0.3 is 10.6 Å². The van der Waals surface area contributed by atoms with E-state index >= 15 is 0 Å². The lowest BCUT2D eigenvalue weighted by Gasteiger charge is -2.41. The third-order valence-electron chi connectivity index (χ3n) is 3.99. The number of amides is 2. The van der Waals surface area contributed by atoms with E-state index in [9.17, 15) is 9.59 Å². The van der Waals surface area contributed by atoms with E-state index < -0.39 is 0 Å². The molecular weight excluding hydrogens is 314 g/mol. The maximum atomic E-state index is 12.5. The molecule has 0 unspecified atom stereocenters. The zero-order valence-corrected chi connectivity index (χ0v) is 14.2. The highest BCUT2D eigenvalue weighted by molar-refractivity contribution is 6.33. The number of rotatable bonds is 2. The molecule has 23 heavy (non-hydrogen) atoms. The lowest BCUT2D eigenvalue weighted by molar-refractivity contribution is -0.125. The molecule has 2 atom stereocenters. The quantitative estimate of drug-likeness (QED) is 0.872. The SMILES string of the molecule is CC(C)(C)[C@@H]1NC(=O)CC[C@H]1NC(=O)c1cc(C#N)ccc1Cl. The van der Waals surface area contributed by atoms with Gasteiger partial charge in [0.2, 0.25) is 5.91 Å². The van der Waals surface area contributed by atoms with Crippen molar-refractivity contribution in [3.05, 3.63) is 34.3 Å². The maximum absolute atomic E-state index is 12.5. The van der Waals surface area contributed by atoms with Gasteiger partial charge in [-0.1, -0.05) is 32.4 Å². The Morgan fingerprint density at radius 1 is 1.43 bits per heavy atom. The molecule has 1 aromatic carbocycles. The van der Waals surface area contributed by atoms with Gasteiger partial charge >= 0.3 is 0 Å². The summed E-state index contributed by atoms with van der Waals surface area (Å²) in [6, 6.07) is 6.24. The van der Waals surface area contributed by atoms with Gasteiger partial charge in [-0.3, -0.25) is 9.59 Å². The van der Waals surface area contributed by atoms with Crippen LogP contribution in [0.1, 0.15) is 49.5 Å². The molecule has 2 amide bonds. The molecule has 5 nitrogen and oxygen atoms in total. The molecule has 0 radical (unpaired) electrons. The lowest BCUT2D eigenvalue weighted by Crippen LogP contribution is -2.60. The fraction of sp³-hybridized carbons (Fsp3) is 0.471. The van der Waals surface area contributed by atoms with Crippen LogP contribution < -0.4 is 10.6 Å². The first kappa shape index (κ1) is 17.3. The van der Waals surface area contributed by atoms with Gasteiger partial charge in [-0.15, -0.1) is 0 Å². The molecule has 122 valence electrons. The summed E-state index contributed by atoms with van der Waals surface area (Å²) < 4.78 is 0. The Kier molecular flexibility index (Phi) is 4.96. The van der Waals surface area contributed by atoms with Crippen LogP contribution in [0.3, 0.4) is 0 Å². The number of nitriles is 1. The predicted octanol–water partition coefficient (Wildman–Crippen LogP) is 2.63. The van der Waals surface area contributed by atoms with Crippen molar-refractivity contribution in [3.63, 3.8) is 0 Å². The molecule has 2 rings (SSSR count). The number of piperidine rings is 1. The van der Waals surface area contributed by atoms with Crippen molar-refractivity contribution >= 4 is 23.4 Å². The average Bonchev–Trinajstić information content (AvgIpc) is 2.48. The number of nitrogens with one attached hydrogen (secondary N) is 2. The van der Waals surface area contributed by atoms with E-state index in [1.54, 1.807) is 12.1 Å². The molecule has 1 aromatic rings. The summed E-state index contributed by atoms with van der Waals surface area (Å²) in [5.41, 5.74) is 0.464. The third kappa shape index (κ3) is 4.02. The van der Waals surface area contributed by atoms with Gasteiger partial charge in [-0.2, -0.15) is 5.26 Å². The summed E-state index contributed by atoms with van der Waals surface area (Å²) in [7, 11) is 0. The number of nitrogens with zero attached hydrogens (tertiary/aromatic N) is 1. The molecule has 0 saturated carbocycles. The second-order valence-corrected chi connectivity index (χ2v) is 7.24. The first-order valence-electron chi connectivity index (χ1n) is 7.52. The Bertz CT molecular complexity index is 673. The highest BCUT2D eigenvalue weighted by atomic mass is 35.5. The molecule has 6 heteroatoms. The number of hydrogen-bond acceptors (Lipinski definition) is 3. The van der Waals surface area contributed by atoms with Gasteiger partial charge in [-0.25, -0.2) is 0 Å². The van der Waals surface area contributed by atoms with Gasteiger partial charge in [0.25, 0.3) is 5.91 Å². The van der Waals surface area contributed by atoms with Gasteiger partial charge in [0.05, 0.1) is 34.3 Å². The smallest absolute Gasteiger partial charge is 0.253 e. The Morgan fingerprint density at radius 3 is 2.74 bits per heavy atom. The van der Waals surface area contributed by atoms with Gasteiger partial charge in [0, 0.05) is 6.42 Å². The summed E-state index contributed by atoms with van der Waals surface area (Å²) in [5, 5.41) is 15.2. The van der Waals surface area contributed by atoms with Crippen molar-refractivity contribution in [2.45, 2.75) is 45.7 Å². The van der Waals surface area contributed by atoms with Crippen LogP contribution in [0.25, 0.3) is 0 Å². The second-order valence-electron chi connectivity index (χ2n) is 6.84. The fourth-order valence-corrected chi connectivity index (χ4v) is 2.99. The van der Waals surface area contributed by atoms with E-state index in [1.165, 1.54) is 6.07 Å². The first-order chi connectivity index (χ1) is 10.7. The molecular formula is C17H20ClN3O2. The van der Waals surface area contributed by atoms with Crippen LogP contribution >= 0.6 is 11.6 Å². The standard InChI is InChI=1S/C17H20ClN3O2/c1-17(2,3)15-13(6-7-14(22)21-15)20-16(23)11-8-10(9-19)4-5-12(11)18/h4-5,8,13,15H,6-7H2,1-3H3,(H,20,23)(H,21,22)/t13-,15-/m1/s1. The van der Waals surface area contributed by atoms with Crippen molar-refractivity contribution in [1.29, 1.82) is 5.26 Å². The van der Waals surface area contributed by atoms with E-state index in [0.717, 1.165) is 0 Å². The van der Waals surface area contributed by atoms with Gasteiger partial charge in [0.15, 0.2) is 0 Å². The van der Waals surface area contributed by atoms with E-state index in [0.29, 0.717) is 23.4 Å². The summed E-state index contributed by atoms with van der Waals surface area (Å²) in [5.74, 6) is -0.331. The zero-order valence-electron chi connectivity index (χ0n) is 13.4. The lowest BCUT2D eigenvalue weighted by atomic mass is 9.78. The molecule has 2 N–H and O–H groups in total.